The molecule has 4 heteroatoms. The number of hydrogen-bond acceptors (Lipinski definition) is 3. The van der Waals surface area contributed by atoms with E-state index < -0.39 is 0 Å². The lowest BCUT2D eigenvalue weighted by Crippen LogP contribution is -2.21. The molecule has 1 aromatic rings. The topological polar surface area (TPSA) is 55.2 Å². The van der Waals surface area contributed by atoms with E-state index in [0.29, 0.717) is 12.0 Å². The van der Waals surface area contributed by atoms with E-state index in [1.165, 1.54) is 0 Å². The maximum Gasteiger partial charge on any atom is 0.271 e. The molecule has 0 saturated heterocycles. The van der Waals surface area contributed by atoms with Crippen LogP contribution in [-0.4, -0.2) is 11.0 Å². The number of anilines is 1. The molecule has 0 aliphatic carbocycles. The summed E-state index contributed by atoms with van der Waals surface area (Å²) in [6.07, 6.45) is 0. The molecule has 0 bridgehead atoms. The molecule has 1 atom stereocenters. The van der Waals surface area contributed by atoms with Crippen molar-refractivity contribution in [2.24, 2.45) is 5.92 Å². The van der Waals surface area contributed by atoms with Crippen LogP contribution in [0.3, 0.4) is 0 Å². The van der Waals surface area contributed by atoms with E-state index in [4.69, 9.17) is 0 Å². The Morgan fingerprint density at radius 1 is 1.25 bits per heavy atom. The fraction of sp³-hybridized carbons (Fsp3) is 0.500. The highest BCUT2D eigenvalue weighted by atomic mass is 16.6. The lowest BCUT2D eigenvalue weighted by Gasteiger charge is -2.18. The molecule has 88 valence electrons. The molecule has 0 spiro atoms. The van der Waals surface area contributed by atoms with Crippen LogP contribution in [0.25, 0.3) is 0 Å². The number of nitro benzene ring substituents is 1. The van der Waals surface area contributed by atoms with E-state index in [-0.39, 0.29) is 10.6 Å². The molecule has 1 N–H and O–H groups in total. The van der Waals surface area contributed by atoms with Crippen LogP contribution in [0, 0.1) is 23.0 Å². The minimum absolute atomic E-state index is 0.137. The van der Waals surface area contributed by atoms with Gasteiger partial charge < -0.3 is 5.32 Å². The standard InChI is InChI=1S/C12H18N2O2/c1-8(2)10(4)13-11-5-9(3)6-12(7-11)14(15)16/h5-8,10,13H,1-4H3. The number of nitrogens with one attached hydrogen (secondary N) is 1. The summed E-state index contributed by atoms with van der Waals surface area (Å²) in [5.41, 5.74) is 1.85. The molecule has 0 heterocycles. The summed E-state index contributed by atoms with van der Waals surface area (Å²) in [7, 11) is 0. The molecular weight excluding hydrogens is 204 g/mol. The van der Waals surface area contributed by atoms with Gasteiger partial charge >= 0.3 is 0 Å². The minimum Gasteiger partial charge on any atom is -0.382 e. The Bertz CT molecular complexity index is 389. The molecule has 0 aliphatic heterocycles. The fourth-order valence-electron chi connectivity index (χ4n) is 1.38. The average molecular weight is 222 g/mol. The van der Waals surface area contributed by atoms with Crippen LogP contribution in [0.15, 0.2) is 18.2 Å². The van der Waals surface area contributed by atoms with Crippen molar-refractivity contribution in [3.8, 4) is 0 Å². The molecule has 1 unspecified atom stereocenters. The Labute approximate surface area is 95.8 Å². The van der Waals surface area contributed by atoms with Gasteiger partial charge in [-0.15, -0.1) is 0 Å². The Hall–Kier alpha value is -1.58. The van der Waals surface area contributed by atoms with Crippen molar-refractivity contribution in [1.29, 1.82) is 0 Å². The first kappa shape index (κ1) is 12.5. The number of rotatable bonds is 4. The molecule has 0 aromatic heterocycles. The van der Waals surface area contributed by atoms with Gasteiger partial charge in [-0.3, -0.25) is 10.1 Å². The van der Waals surface area contributed by atoms with Crippen molar-refractivity contribution in [1.82, 2.24) is 0 Å². The molecule has 0 aliphatic rings. The molecule has 0 amide bonds. The Morgan fingerprint density at radius 3 is 2.38 bits per heavy atom. The highest BCUT2D eigenvalue weighted by Gasteiger charge is 2.11. The van der Waals surface area contributed by atoms with Crippen molar-refractivity contribution < 1.29 is 4.92 Å². The van der Waals surface area contributed by atoms with Crippen LogP contribution in [0.4, 0.5) is 11.4 Å². The largest absolute Gasteiger partial charge is 0.382 e. The summed E-state index contributed by atoms with van der Waals surface area (Å²) in [4.78, 5) is 10.3. The molecule has 4 nitrogen and oxygen atoms in total. The minimum atomic E-state index is -0.363. The molecule has 0 saturated carbocycles. The number of aryl methyl sites for hydroxylation is 1. The maximum atomic E-state index is 10.7. The van der Waals surface area contributed by atoms with Crippen LogP contribution >= 0.6 is 0 Å². The first-order chi connectivity index (χ1) is 7.40. The molecule has 1 aromatic carbocycles. The van der Waals surface area contributed by atoms with Gasteiger partial charge in [-0.1, -0.05) is 13.8 Å². The third-order valence-corrected chi connectivity index (χ3v) is 2.67. The molecule has 1 rings (SSSR count). The summed E-state index contributed by atoms with van der Waals surface area (Å²) < 4.78 is 0. The monoisotopic (exact) mass is 222 g/mol. The van der Waals surface area contributed by atoms with Gasteiger partial charge in [0, 0.05) is 23.9 Å². The number of benzene rings is 1. The van der Waals surface area contributed by atoms with E-state index in [9.17, 15) is 10.1 Å². The van der Waals surface area contributed by atoms with Gasteiger partial charge in [0.15, 0.2) is 0 Å². The highest BCUT2D eigenvalue weighted by Crippen LogP contribution is 2.21. The Morgan fingerprint density at radius 2 is 1.88 bits per heavy atom. The fourth-order valence-corrected chi connectivity index (χ4v) is 1.38. The predicted octanol–water partition coefficient (Wildman–Crippen LogP) is 3.36. The molecule has 0 fully saturated rings. The number of hydrogen-bond donors (Lipinski definition) is 1. The van der Waals surface area contributed by atoms with Crippen LogP contribution in [0.2, 0.25) is 0 Å². The van der Waals surface area contributed by atoms with E-state index in [2.05, 4.69) is 26.1 Å². The Balaban J connectivity index is 2.92. The van der Waals surface area contributed by atoms with E-state index in [1.807, 2.05) is 13.0 Å². The van der Waals surface area contributed by atoms with Gasteiger partial charge in [0.2, 0.25) is 0 Å². The lowest BCUT2D eigenvalue weighted by atomic mass is 10.1. The molecule has 0 radical (unpaired) electrons. The van der Waals surface area contributed by atoms with Gasteiger partial charge in [-0.05, 0) is 31.4 Å². The van der Waals surface area contributed by atoms with E-state index in [1.54, 1.807) is 12.1 Å². The van der Waals surface area contributed by atoms with Gasteiger partial charge in [0.1, 0.15) is 0 Å². The lowest BCUT2D eigenvalue weighted by molar-refractivity contribution is -0.384. The third-order valence-electron chi connectivity index (χ3n) is 2.67. The van der Waals surface area contributed by atoms with Crippen LogP contribution < -0.4 is 5.32 Å². The van der Waals surface area contributed by atoms with Crippen molar-refractivity contribution >= 4 is 11.4 Å². The van der Waals surface area contributed by atoms with Gasteiger partial charge in [-0.25, -0.2) is 0 Å². The van der Waals surface area contributed by atoms with E-state index in [0.717, 1.165) is 11.3 Å². The summed E-state index contributed by atoms with van der Waals surface area (Å²) >= 11 is 0. The Kier molecular flexibility index (Phi) is 3.88. The number of nitro groups is 1. The zero-order chi connectivity index (χ0) is 12.3. The summed E-state index contributed by atoms with van der Waals surface area (Å²) in [5, 5.41) is 14.0. The first-order valence-corrected chi connectivity index (χ1v) is 5.42. The van der Waals surface area contributed by atoms with Gasteiger partial charge in [-0.2, -0.15) is 0 Å². The van der Waals surface area contributed by atoms with E-state index >= 15 is 0 Å². The molecular formula is C12H18N2O2. The third kappa shape index (κ3) is 3.22. The number of nitrogens with zero attached hydrogens (tertiary/aromatic N) is 1. The number of non-ortho nitro benzene ring substituents is 1. The zero-order valence-electron chi connectivity index (χ0n) is 10.2. The first-order valence-electron chi connectivity index (χ1n) is 5.42. The second-order valence-corrected chi connectivity index (χ2v) is 4.49. The van der Waals surface area contributed by atoms with Crippen LogP contribution in [0.1, 0.15) is 26.3 Å². The highest BCUT2D eigenvalue weighted by molar-refractivity contribution is 5.54. The van der Waals surface area contributed by atoms with Crippen molar-refractivity contribution in [3.63, 3.8) is 0 Å². The SMILES string of the molecule is Cc1cc(NC(C)C(C)C)cc([N+](=O)[O-])c1. The normalized spacial score (nSPS) is 12.6. The second kappa shape index (κ2) is 4.96. The average Bonchev–Trinajstić information content (AvgIpc) is 2.16. The summed E-state index contributed by atoms with van der Waals surface area (Å²) in [5.74, 6) is 0.486. The van der Waals surface area contributed by atoms with Crippen molar-refractivity contribution in [2.75, 3.05) is 5.32 Å². The van der Waals surface area contributed by atoms with Crippen LogP contribution in [0.5, 0.6) is 0 Å². The maximum absolute atomic E-state index is 10.7. The quantitative estimate of drug-likeness (QED) is 0.627. The van der Waals surface area contributed by atoms with Crippen LogP contribution in [-0.2, 0) is 0 Å². The summed E-state index contributed by atoms with van der Waals surface area (Å²) in [6, 6.07) is 5.37. The predicted molar refractivity (Wildman–Crippen MR) is 65.8 cm³/mol. The van der Waals surface area contributed by atoms with Crippen molar-refractivity contribution in [3.05, 3.63) is 33.9 Å². The smallest absolute Gasteiger partial charge is 0.271 e. The summed E-state index contributed by atoms with van der Waals surface area (Å²) in [6.45, 7) is 8.15. The second-order valence-electron chi connectivity index (χ2n) is 4.49. The van der Waals surface area contributed by atoms with Crippen molar-refractivity contribution in [2.45, 2.75) is 33.7 Å². The van der Waals surface area contributed by atoms with Gasteiger partial charge in [0.25, 0.3) is 5.69 Å². The van der Waals surface area contributed by atoms with Gasteiger partial charge in [0.05, 0.1) is 4.92 Å². The zero-order valence-corrected chi connectivity index (χ0v) is 10.2. The molecule has 16 heavy (non-hydrogen) atoms.